The van der Waals surface area contributed by atoms with Crippen LogP contribution in [0.1, 0.15) is 12.2 Å². The molecule has 0 aliphatic carbocycles. The van der Waals surface area contributed by atoms with Crippen LogP contribution in [0.2, 0.25) is 0 Å². The highest BCUT2D eigenvalue weighted by atomic mass is 16.5. The van der Waals surface area contributed by atoms with E-state index >= 15 is 0 Å². The minimum Gasteiger partial charge on any atom is -0.381 e. The number of hydrogen-bond donors (Lipinski definition) is 2. The third-order valence-electron chi connectivity index (χ3n) is 2.67. The normalized spacial score (nSPS) is 19.9. The first-order valence-electron chi connectivity index (χ1n) is 5.40. The highest BCUT2D eigenvalue weighted by Crippen LogP contribution is 2.18. The van der Waals surface area contributed by atoms with Gasteiger partial charge in [0.25, 0.3) is 5.89 Å². The molecule has 0 amide bonds. The Hall–Kier alpha value is -1.96. The lowest BCUT2D eigenvalue weighted by Crippen LogP contribution is -2.04. The van der Waals surface area contributed by atoms with Crippen LogP contribution in [-0.4, -0.2) is 38.5 Å². The van der Waals surface area contributed by atoms with E-state index < -0.39 is 0 Å². The first-order valence-corrected chi connectivity index (χ1v) is 5.40. The summed E-state index contributed by atoms with van der Waals surface area (Å²) >= 11 is 0. The Morgan fingerprint density at radius 3 is 3.06 bits per heavy atom. The van der Waals surface area contributed by atoms with Gasteiger partial charge in [-0.05, 0) is 12.3 Å². The van der Waals surface area contributed by atoms with Crippen LogP contribution in [0.4, 0.5) is 5.95 Å². The first-order chi connectivity index (χ1) is 8.31. The van der Waals surface area contributed by atoms with Gasteiger partial charge in [0.05, 0.1) is 0 Å². The Kier molecular flexibility index (Phi) is 2.48. The van der Waals surface area contributed by atoms with Crippen molar-refractivity contribution in [2.45, 2.75) is 12.8 Å². The minimum atomic E-state index is 0.156. The average molecular weight is 236 g/mol. The van der Waals surface area contributed by atoms with Gasteiger partial charge in [0, 0.05) is 19.6 Å². The molecule has 1 aliphatic heterocycles. The fourth-order valence-electron chi connectivity index (χ4n) is 1.81. The molecule has 1 fully saturated rings. The van der Waals surface area contributed by atoms with Gasteiger partial charge in [-0.2, -0.15) is 9.97 Å². The Morgan fingerprint density at radius 1 is 1.41 bits per heavy atom. The smallest absolute Gasteiger partial charge is 0.295 e. The predicted octanol–water partition coefficient (Wildman–Crippen LogP) is 0.0159. The van der Waals surface area contributed by atoms with E-state index in [0.717, 1.165) is 26.1 Å². The van der Waals surface area contributed by atoms with E-state index in [0.29, 0.717) is 23.5 Å². The van der Waals surface area contributed by atoms with Gasteiger partial charge in [-0.3, -0.25) is 5.10 Å². The topological polar surface area (TPSA) is 116 Å². The third-order valence-corrected chi connectivity index (χ3v) is 2.67. The van der Waals surface area contributed by atoms with E-state index in [1.54, 1.807) is 0 Å². The van der Waals surface area contributed by atoms with Crippen molar-refractivity contribution in [1.82, 2.24) is 25.3 Å². The van der Waals surface area contributed by atoms with E-state index in [4.69, 9.17) is 15.0 Å². The van der Waals surface area contributed by atoms with Crippen LogP contribution in [-0.2, 0) is 11.2 Å². The zero-order valence-corrected chi connectivity index (χ0v) is 9.09. The number of rotatable bonds is 3. The molecule has 0 radical (unpaired) electrons. The van der Waals surface area contributed by atoms with Crippen LogP contribution >= 0.6 is 0 Å². The van der Waals surface area contributed by atoms with Gasteiger partial charge in [0.2, 0.25) is 11.8 Å². The summed E-state index contributed by atoms with van der Waals surface area (Å²) in [7, 11) is 0. The highest BCUT2D eigenvalue weighted by Gasteiger charge is 2.20. The van der Waals surface area contributed by atoms with Crippen molar-refractivity contribution >= 4 is 5.95 Å². The highest BCUT2D eigenvalue weighted by molar-refractivity contribution is 5.41. The molecule has 3 rings (SSSR count). The summed E-state index contributed by atoms with van der Waals surface area (Å²) in [6.45, 7) is 1.58. The fraction of sp³-hybridized carbons (Fsp3) is 0.556. The molecule has 2 aromatic heterocycles. The lowest BCUT2D eigenvalue weighted by atomic mass is 10.1. The Morgan fingerprint density at radius 2 is 2.35 bits per heavy atom. The summed E-state index contributed by atoms with van der Waals surface area (Å²) in [5.74, 6) is 1.99. The second-order valence-corrected chi connectivity index (χ2v) is 3.99. The number of nitrogens with one attached hydrogen (secondary N) is 1. The van der Waals surface area contributed by atoms with Gasteiger partial charge in [0.15, 0.2) is 5.82 Å². The largest absolute Gasteiger partial charge is 0.381 e. The number of anilines is 1. The molecule has 3 N–H and O–H groups in total. The van der Waals surface area contributed by atoms with Gasteiger partial charge in [-0.25, -0.2) is 0 Å². The summed E-state index contributed by atoms with van der Waals surface area (Å²) < 4.78 is 10.4. The lowest BCUT2D eigenvalue weighted by molar-refractivity contribution is 0.185. The van der Waals surface area contributed by atoms with E-state index in [2.05, 4.69) is 25.3 Å². The molecular weight excluding hydrogens is 224 g/mol. The Bertz CT molecular complexity index is 501. The molecule has 1 atom stereocenters. The van der Waals surface area contributed by atoms with Crippen LogP contribution in [0, 0.1) is 5.92 Å². The molecule has 0 saturated carbocycles. The van der Waals surface area contributed by atoms with Crippen molar-refractivity contribution in [3.05, 3.63) is 5.82 Å². The molecule has 3 heterocycles. The molecule has 0 aromatic carbocycles. The summed E-state index contributed by atoms with van der Waals surface area (Å²) in [4.78, 5) is 8.15. The Balaban J connectivity index is 1.73. The molecular formula is C9H12N6O2. The van der Waals surface area contributed by atoms with Crippen LogP contribution in [0.5, 0.6) is 0 Å². The SMILES string of the molecule is Nc1n[nH]c(-c2nc(CC3CCOC3)no2)n1. The molecule has 1 aliphatic rings. The number of hydrogen-bond acceptors (Lipinski definition) is 7. The summed E-state index contributed by atoms with van der Waals surface area (Å²) in [6.07, 6.45) is 1.80. The zero-order valence-electron chi connectivity index (χ0n) is 9.09. The van der Waals surface area contributed by atoms with E-state index in [9.17, 15) is 0 Å². The van der Waals surface area contributed by atoms with Gasteiger partial charge >= 0.3 is 0 Å². The van der Waals surface area contributed by atoms with Gasteiger partial charge in [0.1, 0.15) is 0 Å². The van der Waals surface area contributed by atoms with Gasteiger partial charge in [-0.15, -0.1) is 5.10 Å². The van der Waals surface area contributed by atoms with E-state index in [-0.39, 0.29) is 5.95 Å². The third kappa shape index (κ3) is 2.11. The Labute approximate surface area is 96.6 Å². The molecule has 0 spiro atoms. The number of aromatic amines is 1. The number of nitrogens with zero attached hydrogens (tertiary/aromatic N) is 4. The monoisotopic (exact) mass is 236 g/mol. The predicted molar refractivity (Wildman–Crippen MR) is 56.7 cm³/mol. The van der Waals surface area contributed by atoms with E-state index in [1.165, 1.54) is 0 Å². The summed E-state index contributed by atoms with van der Waals surface area (Å²) in [5.41, 5.74) is 5.39. The molecule has 17 heavy (non-hydrogen) atoms. The molecule has 1 saturated heterocycles. The second-order valence-electron chi connectivity index (χ2n) is 3.99. The molecule has 8 nitrogen and oxygen atoms in total. The quantitative estimate of drug-likeness (QED) is 0.771. The fourth-order valence-corrected chi connectivity index (χ4v) is 1.81. The number of aromatic nitrogens is 5. The van der Waals surface area contributed by atoms with Crippen LogP contribution < -0.4 is 5.73 Å². The number of ether oxygens (including phenoxy) is 1. The second kappa shape index (κ2) is 4.13. The van der Waals surface area contributed by atoms with Crippen molar-refractivity contribution in [1.29, 1.82) is 0 Å². The average Bonchev–Trinajstić information content (AvgIpc) is 2.99. The molecule has 90 valence electrons. The maximum Gasteiger partial charge on any atom is 0.295 e. The molecule has 8 heteroatoms. The summed E-state index contributed by atoms with van der Waals surface area (Å²) in [6, 6.07) is 0. The van der Waals surface area contributed by atoms with Crippen molar-refractivity contribution in [2.75, 3.05) is 18.9 Å². The number of nitrogens with two attached hydrogens (primary N) is 1. The number of nitrogen functional groups attached to an aromatic ring is 1. The maximum absolute atomic E-state index is 5.39. The van der Waals surface area contributed by atoms with Gasteiger partial charge in [-0.1, -0.05) is 5.16 Å². The zero-order chi connectivity index (χ0) is 11.7. The van der Waals surface area contributed by atoms with Crippen molar-refractivity contribution in [3.8, 4) is 11.7 Å². The maximum atomic E-state index is 5.39. The van der Waals surface area contributed by atoms with Crippen LogP contribution in [0.15, 0.2) is 4.52 Å². The summed E-state index contributed by atoms with van der Waals surface area (Å²) in [5, 5.41) is 10.2. The van der Waals surface area contributed by atoms with E-state index in [1.807, 2.05) is 0 Å². The standard InChI is InChI=1S/C9H12N6O2/c10-9-12-7(13-14-9)8-11-6(15-17-8)3-5-1-2-16-4-5/h5H,1-4H2,(H3,10,12,13,14). The van der Waals surface area contributed by atoms with Crippen LogP contribution in [0.25, 0.3) is 11.7 Å². The molecule has 0 bridgehead atoms. The van der Waals surface area contributed by atoms with Crippen molar-refractivity contribution < 1.29 is 9.26 Å². The molecule has 2 aromatic rings. The van der Waals surface area contributed by atoms with Crippen LogP contribution in [0.3, 0.4) is 0 Å². The number of H-pyrrole nitrogens is 1. The van der Waals surface area contributed by atoms with Crippen molar-refractivity contribution in [3.63, 3.8) is 0 Å². The minimum absolute atomic E-state index is 0.156. The molecule has 1 unspecified atom stereocenters. The first kappa shape index (κ1) is 10.2. The van der Waals surface area contributed by atoms with Gasteiger partial charge < -0.3 is 15.0 Å². The lowest BCUT2D eigenvalue weighted by Gasteiger charge is -2.00. The van der Waals surface area contributed by atoms with Crippen molar-refractivity contribution in [2.24, 2.45) is 5.92 Å².